The fraction of sp³-hybridized carbons (Fsp3) is 0.750. The van der Waals surface area contributed by atoms with Crippen LogP contribution in [-0.2, 0) is 14.9 Å². The summed E-state index contributed by atoms with van der Waals surface area (Å²) in [7, 11) is -3.85. The molecule has 0 aliphatic rings. The molecule has 1 N–H and O–H groups in total. The van der Waals surface area contributed by atoms with E-state index in [-0.39, 0.29) is 70.4 Å². The van der Waals surface area contributed by atoms with Crippen LogP contribution in [0.1, 0.15) is 0 Å². The first-order valence-electron chi connectivity index (χ1n) is 2.38. The molecule has 0 atom stereocenters. The van der Waals surface area contributed by atoms with Crippen LogP contribution in [0.5, 0.6) is 0 Å². The monoisotopic (exact) mass is 193 g/mol. The van der Waals surface area contributed by atoms with Gasteiger partial charge in [0.05, 0.1) is 12.4 Å². The van der Waals surface area contributed by atoms with E-state index in [4.69, 9.17) is 4.55 Å². The third-order valence-corrected chi connectivity index (χ3v) is 1.31. The third-order valence-electron chi connectivity index (χ3n) is 0.630. The number of hydrogen-bond acceptors (Lipinski definition) is 3. The van der Waals surface area contributed by atoms with Gasteiger partial charge in [-0.3, -0.25) is 4.55 Å². The maximum atomic E-state index is 9.96. The van der Waals surface area contributed by atoms with E-state index < -0.39 is 10.1 Å². The summed E-state index contributed by atoms with van der Waals surface area (Å²) >= 11 is 0. The molecule has 57 valence electrons. The molecule has 0 bridgehead atoms. The van der Waals surface area contributed by atoms with Crippen LogP contribution < -0.4 is 0 Å². The molecule has 0 saturated carbocycles. The van der Waals surface area contributed by atoms with E-state index in [1.807, 2.05) is 0 Å². The Balaban J connectivity index is 0. The van der Waals surface area contributed by atoms with Crippen LogP contribution in [0.4, 0.5) is 0 Å². The second kappa shape index (κ2) is 7.17. The Kier molecular flexibility index (Phi) is 10.1. The zero-order valence-corrected chi connectivity index (χ0v) is 5.73. The van der Waals surface area contributed by atoms with Gasteiger partial charge < -0.3 is 4.74 Å². The van der Waals surface area contributed by atoms with Gasteiger partial charge in [0.2, 0.25) is 0 Å². The fourth-order valence-electron chi connectivity index (χ4n) is 0.266. The molecule has 0 aliphatic heterocycles. The molecule has 0 aromatic rings. The van der Waals surface area contributed by atoms with Crippen molar-refractivity contribution in [3.63, 3.8) is 0 Å². The van der Waals surface area contributed by atoms with Crippen molar-refractivity contribution in [1.29, 1.82) is 0 Å². The second-order valence-corrected chi connectivity index (χ2v) is 2.97. The summed E-state index contributed by atoms with van der Waals surface area (Å²) in [6, 6.07) is 0. The first-order valence-corrected chi connectivity index (χ1v) is 3.99. The van der Waals surface area contributed by atoms with E-state index in [9.17, 15) is 8.42 Å². The van der Waals surface area contributed by atoms with Crippen molar-refractivity contribution in [3.8, 4) is 0 Å². The van der Waals surface area contributed by atoms with Crippen molar-refractivity contribution < 1.29 is 17.7 Å². The average Bonchev–Trinajstić information content (AvgIpc) is 1.63. The van der Waals surface area contributed by atoms with Gasteiger partial charge in [-0.25, -0.2) is 0 Å². The molecule has 0 saturated heterocycles. The molecule has 0 heterocycles. The molecule has 1 radical (unpaired) electrons. The van der Waals surface area contributed by atoms with Crippen LogP contribution in [0.15, 0.2) is 0 Å². The zero-order chi connectivity index (χ0) is 7.33. The molecule has 0 aliphatic carbocycles. The zero-order valence-electron chi connectivity index (χ0n) is 4.91. The van der Waals surface area contributed by atoms with Gasteiger partial charge in [0, 0.05) is 6.61 Å². The molecule has 0 rings (SSSR count). The van der Waals surface area contributed by atoms with E-state index in [0.717, 1.165) is 0 Å². The number of rotatable bonds is 4. The molecule has 0 fully saturated rings. The van der Waals surface area contributed by atoms with Crippen LogP contribution in [0.25, 0.3) is 0 Å². The maximum absolute atomic E-state index is 9.96. The van der Waals surface area contributed by atoms with E-state index >= 15 is 0 Å². The Labute approximate surface area is 103 Å². The summed E-state index contributed by atoms with van der Waals surface area (Å²) in [5.74, 6) is -0.359. The van der Waals surface area contributed by atoms with Gasteiger partial charge in [0.15, 0.2) is 0 Å². The summed E-state index contributed by atoms with van der Waals surface area (Å²) < 4.78 is 32.6. The molecular weight excluding hydrogens is 183 g/mol. The van der Waals surface area contributed by atoms with Crippen molar-refractivity contribution in [2.75, 3.05) is 19.0 Å². The van der Waals surface area contributed by atoms with Gasteiger partial charge in [-0.2, -0.15) is 8.42 Å². The minimum absolute atomic E-state index is 0. The number of hydrogen-bond donors (Lipinski definition) is 1. The molecule has 0 aromatic carbocycles. The molecule has 6 heteroatoms. The van der Waals surface area contributed by atoms with Crippen LogP contribution in [0.2, 0.25) is 0 Å². The Morgan fingerprint density at radius 3 is 2.30 bits per heavy atom. The molecular formula is C4H10KO4S. The molecule has 0 amide bonds. The predicted octanol–water partition coefficient (Wildman–Crippen LogP) is -0.924. The molecule has 10 heavy (non-hydrogen) atoms. The van der Waals surface area contributed by atoms with Gasteiger partial charge in [0.1, 0.15) is 0 Å². The van der Waals surface area contributed by atoms with Crippen LogP contribution in [0.3, 0.4) is 0 Å². The van der Waals surface area contributed by atoms with Crippen molar-refractivity contribution in [3.05, 3.63) is 6.92 Å². The molecule has 0 unspecified atom stereocenters. The summed E-state index contributed by atoms with van der Waals surface area (Å²) in [5, 5.41) is 0. The SMILES string of the molecule is [CH2]COCCS(=O)(=O)O.[KH]. The Hall–Kier alpha value is 1.51. The summed E-state index contributed by atoms with van der Waals surface area (Å²) in [6.45, 7) is 3.53. The van der Waals surface area contributed by atoms with Crippen LogP contribution in [0, 0.1) is 6.92 Å². The van der Waals surface area contributed by atoms with E-state index in [0.29, 0.717) is 0 Å². The van der Waals surface area contributed by atoms with Gasteiger partial charge in [-0.15, -0.1) is 0 Å². The quantitative estimate of drug-likeness (QED) is 0.356. The van der Waals surface area contributed by atoms with Crippen LogP contribution >= 0.6 is 0 Å². The summed E-state index contributed by atoms with van der Waals surface area (Å²) in [5.41, 5.74) is 0. The number of ether oxygens (including phenoxy) is 1. The van der Waals surface area contributed by atoms with Crippen molar-refractivity contribution >= 4 is 61.5 Å². The molecule has 0 spiro atoms. The molecule has 0 aromatic heterocycles. The second-order valence-electron chi connectivity index (χ2n) is 1.40. The Morgan fingerprint density at radius 1 is 1.50 bits per heavy atom. The van der Waals surface area contributed by atoms with Crippen molar-refractivity contribution in [1.82, 2.24) is 0 Å². The topological polar surface area (TPSA) is 63.6 Å². The summed E-state index contributed by atoms with van der Waals surface area (Å²) in [4.78, 5) is 0. The van der Waals surface area contributed by atoms with Crippen molar-refractivity contribution in [2.24, 2.45) is 0 Å². The van der Waals surface area contributed by atoms with Gasteiger partial charge in [-0.05, 0) is 6.92 Å². The first-order chi connectivity index (χ1) is 4.06. The molecule has 4 nitrogen and oxygen atoms in total. The normalized spacial score (nSPS) is 10.6. The minimum atomic E-state index is -3.85. The fourth-order valence-corrected chi connectivity index (χ4v) is 0.595. The Morgan fingerprint density at radius 2 is 2.00 bits per heavy atom. The van der Waals surface area contributed by atoms with Crippen LogP contribution in [-0.4, -0.2) is 83.3 Å². The van der Waals surface area contributed by atoms with Crippen molar-refractivity contribution in [2.45, 2.75) is 0 Å². The van der Waals surface area contributed by atoms with Gasteiger partial charge in [-0.1, -0.05) is 0 Å². The van der Waals surface area contributed by atoms with E-state index in [1.54, 1.807) is 0 Å². The van der Waals surface area contributed by atoms with Gasteiger partial charge in [0.25, 0.3) is 10.1 Å². The third kappa shape index (κ3) is 12.2. The van der Waals surface area contributed by atoms with E-state index in [1.165, 1.54) is 0 Å². The standard InChI is InChI=1S/C4H9O4S.K.H/c1-2-8-3-4-9(5,6)7;;/h1-4H2,(H,5,6,7);;. The predicted molar refractivity (Wildman–Crippen MR) is 39.7 cm³/mol. The van der Waals surface area contributed by atoms with Gasteiger partial charge >= 0.3 is 51.4 Å². The summed E-state index contributed by atoms with van der Waals surface area (Å²) in [6.07, 6.45) is 0. The average molecular weight is 193 g/mol. The Bertz CT molecular complexity index is 153. The first kappa shape index (κ1) is 14.1. The van der Waals surface area contributed by atoms with E-state index in [2.05, 4.69) is 11.7 Å².